The molecule has 1 aromatic heterocycles. The van der Waals surface area contributed by atoms with Gasteiger partial charge in [0, 0.05) is 0 Å². The number of aryl methyl sites for hydroxylation is 1. The third-order valence-electron chi connectivity index (χ3n) is 3.65. The predicted molar refractivity (Wildman–Crippen MR) is 94.8 cm³/mol. The third kappa shape index (κ3) is 5.71. The van der Waals surface area contributed by atoms with Crippen molar-refractivity contribution < 1.29 is 19.1 Å². The van der Waals surface area contributed by atoms with Gasteiger partial charge in [-0.2, -0.15) is 0 Å². The van der Waals surface area contributed by atoms with Crippen LogP contribution in [0.25, 0.3) is 0 Å². The molecule has 132 valence electrons. The second-order valence-electron chi connectivity index (χ2n) is 5.62. The molecule has 1 heterocycles. The average molecular weight is 341 g/mol. The Bertz CT molecular complexity index is 710. The largest absolute Gasteiger partial charge is 0.461 e. The summed E-state index contributed by atoms with van der Waals surface area (Å²) < 4.78 is 10.2. The molecule has 0 aliphatic carbocycles. The van der Waals surface area contributed by atoms with E-state index in [1.807, 2.05) is 12.1 Å². The van der Waals surface area contributed by atoms with E-state index >= 15 is 0 Å². The number of carbonyl (C=O) groups is 2. The molecule has 0 saturated carbocycles. The lowest BCUT2D eigenvalue weighted by Gasteiger charge is -2.06. The Morgan fingerprint density at radius 3 is 2.24 bits per heavy atom. The van der Waals surface area contributed by atoms with Crippen LogP contribution >= 0.6 is 0 Å². The highest BCUT2D eigenvalue weighted by Crippen LogP contribution is 2.16. The zero-order valence-corrected chi connectivity index (χ0v) is 14.7. The van der Waals surface area contributed by atoms with Crippen molar-refractivity contribution in [3.63, 3.8) is 0 Å². The van der Waals surface area contributed by atoms with E-state index < -0.39 is 11.9 Å². The zero-order valence-electron chi connectivity index (χ0n) is 14.7. The molecule has 0 N–H and O–H groups in total. The van der Waals surface area contributed by atoms with Gasteiger partial charge >= 0.3 is 11.9 Å². The van der Waals surface area contributed by atoms with Gasteiger partial charge in [-0.1, -0.05) is 38.0 Å². The van der Waals surface area contributed by atoms with Crippen molar-refractivity contribution in [2.45, 2.75) is 39.5 Å². The molecule has 0 atom stereocenters. The van der Waals surface area contributed by atoms with Crippen molar-refractivity contribution in [3.05, 3.63) is 59.4 Å². The van der Waals surface area contributed by atoms with E-state index in [2.05, 4.69) is 11.9 Å². The first-order valence-electron chi connectivity index (χ1n) is 8.59. The number of rotatable bonds is 8. The van der Waals surface area contributed by atoms with Crippen LogP contribution in [0.3, 0.4) is 0 Å². The van der Waals surface area contributed by atoms with Crippen LogP contribution in [-0.2, 0) is 11.2 Å². The van der Waals surface area contributed by atoms with Gasteiger partial charge < -0.3 is 9.47 Å². The fraction of sp³-hybridized carbons (Fsp3) is 0.350. The van der Waals surface area contributed by atoms with Gasteiger partial charge in [0.2, 0.25) is 0 Å². The van der Waals surface area contributed by atoms with E-state index in [0.29, 0.717) is 5.75 Å². The molecule has 25 heavy (non-hydrogen) atoms. The number of aromatic nitrogens is 1. The molecule has 5 nitrogen and oxygen atoms in total. The van der Waals surface area contributed by atoms with E-state index in [1.165, 1.54) is 30.5 Å². The Hall–Kier alpha value is -2.69. The van der Waals surface area contributed by atoms with Crippen molar-refractivity contribution >= 4 is 11.9 Å². The number of pyridine rings is 1. The second kappa shape index (κ2) is 9.57. The number of hydrogen-bond acceptors (Lipinski definition) is 5. The van der Waals surface area contributed by atoms with Gasteiger partial charge in [0.1, 0.15) is 17.1 Å². The van der Waals surface area contributed by atoms with Crippen LogP contribution in [0.2, 0.25) is 0 Å². The molecule has 0 amide bonds. The van der Waals surface area contributed by atoms with Crippen molar-refractivity contribution in [1.82, 2.24) is 4.98 Å². The lowest BCUT2D eigenvalue weighted by atomic mass is 10.1. The van der Waals surface area contributed by atoms with Gasteiger partial charge in [-0.25, -0.2) is 14.6 Å². The van der Waals surface area contributed by atoms with E-state index in [1.54, 1.807) is 25.1 Å². The monoisotopic (exact) mass is 341 g/mol. The van der Waals surface area contributed by atoms with Crippen LogP contribution in [0.4, 0.5) is 0 Å². The van der Waals surface area contributed by atoms with Gasteiger partial charge in [0.15, 0.2) is 0 Å². The lowest BCUT2D eigenvalue weighted by molar-refractivity contribution is 0.0519. The fourth-order valence-electron chi connectivity index (χ4n) is 2.33. The number of hydrogen-bond donors (Lipinski definition) is 0. The summed E-state index contributed by atoms with van der Waals surface area (Å²) in [5.41, 5.74) is 1.37. The fourth-order valence-corrected chi connectivity index (χ4v) is 2.33. The molecule has 0 spiro atoms. The standard InChI is InChI=1S/C20H23NO4/c1-3-5-6-8-15-11-13-16(14-12-15)25-20(23)18-10-7-9-17(21-18)19(22)24-4-2/h7,9-14H,3-6,8H2,1-2H3. The van der Waals surface area contributed by atoms with Crippen molar-refractivity contribution in [2.24, 2.45) is 0 Å². The summed E-state index contributed by atoms with van der Waals surface area (Å²) in [6, 6.07) is 12.0. The van der Waals surface area contributed by atoms with E-state index in [-0.39, 0.29) is 18.0 Å². The van der Waals surface area contributed by atoms with Crippen molar-refractivity contribution in [3.8, 4) is 5.75 Å². The first kappa shape index (κ1) is 18.6. The molecular formula is C20H23NO4. The Kier molecular flexibility index (Phi) is 7.14. The molecule has 0 unspecified atom stereocenters. The minimum absolute atomic E-state index is 0.0672. The molecule has 5 heteroatoms. The summed E-state index contributed by atoms with van der Waals surface area (Å²) >= 11 is 0. The lowest BCUT2D eigenvalue weighted by Crippen LogP contribution is -2.14. The molecule has 1 aromatic carbocycles. The van der Waals surface area contributed by atoms with Crippen LogP contribution in [0.15, 0.2) is 42.5 Å². The molecule has 0 aliphatic rings. The van der Waals surface area contributed by atoms with Gasteiger partial charge in [0.25, 0.3) is 0 Å². The first-order valence-corrected chi connectivity index (χ1v) is 8.59. The second-order valence-corrected chi connectivity index (χ2v) is 5.62. The number of esters is 2. The molecule has 0 fully saturated rings. The van der Waals surface area contributed by atoms with Crippen molar-refractivity contribution in [2.75, 3.05) is 6.61 Å². The smallest absolute Gasteiger partial charge is 0.362 e. The maximum absolute atomic E-state index is 12.2. The van der Waals surface area contributed by atoms with Crippen LogP contribution in [-0.4, -0.2) is 23.5 Å². The van der Waals surface area contributed by atoms with Crippen LogP contribution in [0.1, 0.15) is 59.7 Å². The molecule has 0 aliphatic heterocycles. The number of ether oxygens (including phenoxy) is 2. The van der Waals surface area contributed by atoms with E-state index in [9.17, 15) is 9.59 Å². The highest BCUT2D eigenvalue weighted by Gasteiger charge is 2.14. The molecule has 0 radical (unpaired) electrons. The molecular weight excluding hydrogens is 318 g/mol. The maximum atomic E-state index is 12.2. The average Bonchev–Trinajstić information content (AvgIpc) is 2.63. The molecule has 2 rings (SSSR count). The maximum Gasteiger partial charge on any atom is 0.362 e. The number of nitrogens with zero attached hydrogens (tertiary/aromatic N) is 1. The summed E-state index contributed by atoms with van der Waals surface area (Å²) in [6.07, 6.45) is 4.57. The van der Waals surface area contributed by atoms with Gasteiger partial charge in [-0.15, -0.1) is 0 Å². The van der Waals surface area contributed by atoms with Crippen molar-refractivity contribution in [1.29, 1.82) is 0 Å². The molecule has 0 saturated heterocycles. The number of carbonyl (C=O) groups excluding carboxylic acids is 2. The normalized spacial score (nSPS) is 10.3. The predicted octanol–water partition coefficient (Wildman–Crippen LogP) is 4.21. The summed E-state index contributed by atoms with van der Waals surface area (Å²) in [7, 11) is 0. The van der Waals surface area contributed by atoms with Crippen LogP contribution < -0.4 is 4.74 Å². The SMILES string of the molecule is CCCCCc1ccc(OC(=O)c2cccc(C(=O)OCC)n2)cc1. The minimum atomic E-state index is -0.607. The summed E-state index contributed by atoms with van der Waals surface area (Å²) in [5, 5.41) is 0. The highest BCUT2D eigenvalue weighted by atomic mass is 16.5. The molecule has 2 aromatic rings. The minimum Gasteiger partial charge on any atom is -0.461 e. The van der Waals surface area contributed by atoms with Gasteiger partial charge in [-0.05, 0) is 49.6 Å². The number of unbranched alkanes of at least 4 members (excludes halogenated alkanes) is 2. The topological polar surface area (TPSA) is 65.5 Å². The Balaban J connectivity index is 1.99. The quantitative estimate of drug-likeness (QED) is 0.409. The van der Waals surface area contributed by atoms with Crippen LogP contribution in [0.5, 0.6) is 5.75 Å². The van der Waals surface area contributed by atoms with Gasteiger partial charge in [0.05, 0.1) is 6.61 Å². The Morgan fingerprint density at radius 1 is 0.920 bits per heavy atom. The van der Waals surface area contributed by atoms with Crippen LogP contribution in [0, 0.1) is 0 Å². The summed E-state index contributed by atoms with van der Waals surface area (Å²) in [6.45, 7) is 4.13. The third-order valence-corrected chi connectivity index (χ3v) is 3.65. The zero-order chi connectivity index (χ0) is 18.1. The van der Waals surface area contributed by atoms with E-state index in [4.69, 9.17) is 9.47 Å². The summed E-state index contributed by atoms with van der Waals surface area (Å²) in [4.78, 5) is 27.9. The Morgan fingerprint density at radius 2 is 1.60 bits per heavy atom. The molecule has 0 bridgehead atoms. The first-order chi connectivity index (χ1) is 12.1. The number of benzene rings is 1. The highest BCUT2D eigenvalue weighted by molar-refractivity contribution is 5.92. The van der Waals surface area contributed by atoms with E-state index in [0.717, 1.165) is 12.8 Å². The van der Waals surface area contributed by atoms with Gasteiger partial charge in [-0.3, -0.25) is 0 Å². The summed E-state index contributed by atoms with van der Waals surface area (Å²) in [5.74, 6) is -0.717. The Labute approximate surface area is 148 Å².